The van der Waals surface area contributed by atoms with Gasteiger partial charge in [-0.3, -0.25) is 4.79 Å². The first-order valence-electron chi connectivity index (χ1n) is 9.10. The summed E-state index contributed by atoms with van der Waals surface area (Å²) in [6.07, 6.45) is -0.617. The molecule has 1 aromatic carbocycles. The number of fused-ring (bicyclic) bond motifs is 2. The Labute approximate surface area is 164 Å². The Kier molecular flexibility index (Phi) is 4.66. The molecule has 1 aromatic heterocycles. The van der Waals surface area contributed by atoms with Gasteiger partial charge in [0.05, 0.1) is 19.3 Å². The summed E-state index contributed by atoms with van der Waals surface area (Å²) in [5, 5.41) is 14.6. The van der Waals surface area contributed by atoms with Gasteiger partial charge in [-0.05, 0) is 22.6 Å². The lowest BCUT2D eigenvalue weighted by atomic mass is 10.1. The normalized spacial score (nSPS) is 27.1. The summed E-state index contributed by atoms with van der Waals surface area (Å²) >= 11 is 0. The van der Waals surface area contributed by atoms with E-state index in [1.807, 2.05) is 0 Å². The first kappa shape index (κ1) is 18.1. The summed E-state index contributed by atoms with van der Waals surface area (Å²) in [7, 11) is 1.47. The van der Waals surface area contributed by atoms with E-state index in [9.17, 15) is 4.79 Å². The number of nitrogens with one attached hydrogen (secondary N) is 1. The summed E-state index contributed by atoms with van der Waals surface area (Å²) in [6.45, 7) is 0.826. The summed E-state index contributed by atoms with van der Waals surface area (Å²) in [5.41, 5.74) is 0. The molecule has 1 N–H and O–H groups in total. The van der Waals surface area contributed by atoms with Gasteiger partial charge in [0.15, 0.2) is 11.5 Å². The Morgan fingerprint density at radius 1 is 1.24 bits per heavy atom. The van der Waals surface area contributed by atoms with Gasteiger partial charge in [-0.25, -0.2) is 0 Å². The third kappa shape index (κ3) is 3.34. The molecule has 1 amide bonds. The van der Waals surface area contributed by atoms with Crippen molar-refractivity contribution in [1.29, 1.82) is 0 Å². The zero-order valence-electron chi connectivity index (χ0n) is 15.5. The fraction of sp³-hybridized carbons (Fsp3) is 0.529. The standard InChI is InChI=1S/C17H19N5O7/c1-24-7-14(23)18-10-5-25-16-11(6-26-15(10)16)22-17(19-20-21-22)29-9-2-3-12-13(4-9)28-8-27-12/h2-4,10-11,15-16H,5-8H2,1H3,(H,18,23)/t10-,11-,15+,16+/m0/s1. The number of carbonyl (C=O) groups excluding carboxylic acids is 1. The second-order valence-corrected chi connectivity index (χ2v) is 6.79. The van der Waals surface area contributed by atoms with Gasteiger partial charge in [0, 0.05) is 13.2 Å². The van der Waals surface area contributed by atoms with Crippen LogP contribution in [0.4, 0.5) is 0 Å². The molecule has 2 aromatic rings. The maximum Gasteiger partial charge on any atom is 0.341 e. The van der Waals surface area contributed by atoms with E-state index < -0.39 is 0 Å². The molecule has 0 saturated carbocycles. The molecule has 0 radical (unpaired) electrons. The Bertz CT molecular complexity index is 906. The fourth-order valence-electron chi connectivity index (χ4n) is 3.70. The van der Waals surface area contributed by atoms with Crippen LogP contribution in [-0.4, -0.2) is 78.1 Å². The van der Waals surface area contributed by atoms with Crippen LogP contribution in [0.2, 0.25) is 0 Å². The third-order valence-corrected chi connectivity index (χ3v) is 4.98. The van der Waals surface area contributed by atoms with Gasteiger partial charge in [-0.15, -0.1) is 0 Å². The van der Waals surface area contributed by atoms with Crippen molar-refractivity contribution in [3.8, 4) is 23.3 Å². The van der Waals surface area contributed by atoms with Crippen molar-refractivity contribution in [2.45, 2.75) is 24.3 Å². The summed E-state index contributed by atoms with van der Waals surface area (Å²) in [5.74, 6) is 1.55. The van der Waals surface area contributed by atoms with Crippen LogP contribution in [0.15, 0.2) is 18.2 Å². The number of ether oxygens (including phenoxy) is 6. The maximum atomic E-state index is 11.8. The van der Waals surface area contributed by atoms with Crippen LogP contribution >= 0.6 is 0 Å². The number of tetrazole rings is 1. The summed E-state index contributed by atoms with van der Waals surface area (Å²) in [6, 6.07) is 4.86. The number of amides is 1. The lowest BCUT2D eigenvalue weighted by molar-refractivity contribution is -0.126. The molecule has 4 heterocycles. The van der Waals surface area contributed by atoms with Crippen LogP contribution in [0.5, 0.6) is 23.3 Å². The lowest BCUT2D eigenvalue weighted by Crippen LogP contribution is -2.45. The lowest BCUT2D eigenvalue weighted by Gasteiger charge is -2.18. The maximum absolute atomic E-state index is 11.8. The molecule has 5 rings (SSSR count). The van der Waals surface area contributed by atoms with Crippen molar-refractivity contribution in [1.82, 2.24) is 25.5 Å². The molecule has 2 saturated heterocycles. The number of carbonyl (C=O) groups is 1. The molecule has 2 fully saturated rings. The minimum atomic E-state index is -0.314. The van der Waals surface area contributed by atoms with Gasteiger partial charge in [-0.2, -0.15) is 4.68 Å². The largest absolute Gasteiger partial charge is 0.454 e. The summed E-state index contributed by atoms with van der Waals surface area (Å²) < 4.78 is 34.7. The van der Waals surface area contributed by atoms with E-state index in [4.69, 9.17) is 28.4 Å². The third-order valence-electron chi connectivity index (χ3n) is 4.98. The summed E-state index contributed by atoms with van der Waals surface area (Å²) in [4.78, 5) is 11.8. The monoisotopic (exact) mass is 405 g/mol. The first-order valence-corrected chi connectivity index (χ1v) is 9.10. The highest BCUT2D eigenvalue weighted by Crippen LogP contribution is 2.38. The second kappa shape index (κ2) is 7.46. The smallest absolute Gasteiger partial charge is 0.341 e. The van der Waals surface area contributed by atoms with Crippen molar-refractivity contribution >= 4 is 5.91 Å². The van der Waals surface area contributed by atoms with Crippen LogP contribution in [0.3, 0.4) is 0 Å². The molecule has 0 bridgehead atoms. The average molecular weight is 405 g/mol. The van der Waals surface area contributed by atoms with Crippen LogP contribution in [-0.2, 0) is 19.0 Å². The van der Waals surface area contributed by atoms with Crippen molar-refractivity contribution in [3.05, 3.63) is 18.2 Å². The van der Waals surface area contributed by atoms with Crippen LogP contribution in [0.1, 0.15) is 6.04 Å². The zero-order valence-corrected chi connectivity index (χ0v) is 15.5. The number of aromatic nitrogens is 4. The molecule has 3 aliphatic rings. The molecule has 12 nitrogen and oxygen atoms in total. The Morgan fingerprint density at radius 2 is 2.10 bits per heavy atom. The number of nitrogens with zero attached hydrogens (tertiary/aromatic N) is 4. The van der Waals surface area contributed by atoms with E-state index in [-0.39, 0.29) is 49.6 Å². The number of benzene rings is 1. The van der Waals surface area contributed by atoms with Crippen molar-refractivity contribution in [2.24, 2.45) is 0 Å². The van der Waals surface area contributed by atoms with E-state index in [2.05, 4.69) is 20.8 Å². The highest BCUT2D eigenvalue weighted by Gasteiger charge is 2.50. The molecule has 154 valence electrons. The minimum Gasteiger partial charge on any atom is -0.454 e. The van der Waals surface area contributed by atoms with Gasteiger partial charge in [0.1, 0.15) is 30.6 Å². The molecule has 3 aliphatic heterocycles. The Hall–Kier alpha value is -2.96. The molecule has 0 aliphatic carbocycles. The van der Waals surface area contributed by atoms with E-state index in [1.165, 1.54) is 11.8 Å². The molecular formula is C17H19N5O7. The van der Waals surface area contributed by atoms with E-state index >= 15 is 0 Å². The highest BCUT2D eigenvalue weighted by atomic mass is 16.7. The van der Waals surface area contributed by atoms with Gasteiger partial charge in [-0.1, -0.05) is 5.10 Å². The Balaban J connectivity index is 1.29. The number of hydrogen-bond donors (Lipinski definition) is 1. The number of hydrogen-bond acceptors (Lipinski definition) is 10. The quantitative estimate of drug-likeness (QED) is 0.682. The van der Waals surface area contributed by atoms with E-state index in [1.54, 1.807) is 18.2 Å². The van der Waals surface area contributed by atoms with Gasteiger partial charge < -0.3 is 33.7 Å². The molecule has 0 unspecified atom stereocenters. The number of rotatable bonds is 6. The molecule has 0 spiro atoms. The number of methoxy groups -OCH3 is 1. The SMILES string of the molecule is COCC(=O)N[C@H]1CO[C@H]2[C@@H]1OC[C@@H]2n1nnnc1Oc1ccc2c(c1)OCO2. The highest BCUT2D eigenvalue weighted by molar-refractivity contribution is 5.77. The molecular weight excluding hydrogens is 386 g/mol. The zero-order chi connectivity index (χ0) is 19.8. The van der Waals surface area contributed by atoms with Crippen LogP contribution in [0, 0.1) is 0 Å². The predicted molar refractivity (Wildman–Crippen MR) is 92.8 cm³/mol. The van der Waals surface area contributed by atoms with Crippen molar-refractivity contribution in [2.75, 3.05) is 33.7 Å². The minimum absolute atomic E-state index is 0.0160. The van der Waals surface area contributed by atoms with Crippen molar-refractivity contribution in [3.63, 3.8) is 0 Å². The van der Waals surface area contributed by atoms with Gasteiger partial charge >= 0.3 is 6.01 Å². The van der Waals surface area contributed by atoms with Crippen molar-refractivity contribution < 1.29 is 33.2 Å². The van der Waals surface area contributed by atoms with Gasteiger partial charge in [0.25, 0.3) is 0 Å². The predicted octanol–water partition coefficient (Wildman–Crippen LogP) is -0.336. The van der Waals surface area contributed by atoms with E-state index in [0.717, 1.165) is 0 Å². The van der Waals surface area contributed by atoms with Gasteiger partial charge in [0.2, 0.25) is 12.7 Å². The molecule has 29 heavy (non-hydrogen) atoms. The topological polar surface area (TPSA) is 128 Å². The second-order valence-electron chi connectivity index (χ2n) is 6.79. The molecule has 4 atom stereocenters. The molecule has 12 heteroatoms. The fourth-order valence-corrected chi connectivity index (χ4v) is 3.70. The van der Waals surface area contributed by atoms with Crippen LogP contribution in [0.25, 0.3) is 0 Å². The Morgan fingerprint density at radius 3 is 3.00 bits per heavy atom. The first-order chi connectivity index (χ1) is 14.2. The average Bonchev–Trinajstić information content (AvgIpc) is 3.47. The van der Waals surface area contributed by atoms with E-state index in [0.29, 0.717) is 30.5 Å². The van der Waals surface area contributed by atoms with Crippen LogP contribution < -0.4 is 19.5 Å².